The van der Waals surface area contributed by atoms with Crippen LogP contribution in [0.25, 0.3) is 11.4 Å². The Morgan fingerprint density at radius 2 is 1.70 bits per heavy atom. The van der Waals surface area contributed by atoms with Gasteiger partial charge in [-0.3, -0.25) is 0 Å². The van der Waals surface area contributed by atoms with Crippen molar-refractivity contribution in [2.45, 2.75) is 17.3 Å². The average Bonchev–Trinajstić information content (AvgIpc) is 2.98. The molecule has 0 radical (unpaired) electrons. The predicted molar refractivity (Wildman–Crippen MR) is 94.2 cm³/mol. The molecule has 0 fully saturated rings. The fourth-order valence-corrected chi connectivity index (χ4v) is 3.56. The molecule has 0 saturated carbocycles. The summed E-state index contributed by atoms with van der Waals surface area (Å²) in [5.41, 5.74) is 3.06. The average molecular weight is 341 g/mol. The van der Waals surface area contributed by atoms with Crippen LogP contribution < -0.4 is 0 Å². The Kier molecular flexibility index (Phi) is 3.67. The lowest BCUT2D eigenvalue weighted by atomic mass is 10.1. The first kappa shape index (κ1) is 14.5. The zero-order valence-corrected chi connectivity index (χ0v) is 13.9. The summed E-state index contributed by atoms with van der Waals surface area (Å²) in [6.45, 7) is 2.12. The Hall–Kier alpha value is -2.11. The maximum absolute atomic E-state index is 5.99. The molecule has 2 heterocycles. The van der Waals surface area contributed by atoms with Gasteiger partial charge in [-0.05, 0) is 24.6 Å². The third kappa shape index (κ3) is 2.66. The van der Waals surface area contributed by atoms with Gasteiger partial charge in [0, 0.05) is 10.6 Å². The lowest BCUT2D eigenvalue weighted by Crippen LogP contribution is -2.21. The minimum absolute atomic E-state index is 0.205. The van der Waals surface area contributed by atoms with E-state index in [4.69, 9.17) is 16.7 Å². The molecule has 3 aromatic rings. The molecule has 4 nitrogen and oxygen atoms in total. The first-order valence-corrected chi connectivity index (χ1v) is 8.50. The summed E-state index contributed by atoms with van der Waals surface area (Å²) in [4.78, 5) is 0. The van der Waals surface area contributed by atoms with Gasteiger partial charge in [-0.15, -0.1) is 10.2 Å². The molecule has 0 spiro atoms. The Morgan fingerprint density at radius 3 is 2.43 bits per heavy atom. The van der Waals surface area contributed by atoms with Crippen LogP contribution in [0.15, 0.2) is 64.9 Å². The van der Waals surface area contributed by atoms with E-state index in [1.54, 1.807) is 11.8 Å². The minimum atomic E-state index is 0.205. The second-order valence-corrected chi connectivity index (χ2v) is 6.98. The number of rotatable bonds is 2. The fraction of sp³-hybridized carbons (Fsp3) is 0.118. The Morgan fingerprint density at radius 1 is 0.957 bits per heavy atom. The highest BCUT2D eigenvalue weighted by Gasteiger charge is 2.26. The molecule has 0 amide bonds. The summed E-state index contributed by atoms with van der Waals surface area (Å²) in [6.07, 6.45) is 0. The molecule has 0 unspecified atom stereocenters. The first-order chi connectivity index (χ1) is 11.2. The highest BCUT2D eigenvalue weighted by Crippen LogP contribution is 2.32. The van der Waals surface area contributed by atoms with Crippen molar-refractivity contribution in [3.05, 3.63) is 65.2 Å². The number of aromatic nitrogens is 3. The van der Waals surface area contributed by atoms with E-state index in [0.29, 0.717) is 0 Å². The number of hydrogen-bond donors (Lipinski definition) is 0. The van der Waals surface area contributed by atoms with Crippen LogP contribution in [0.2, 0.25) is 5.02 Å². The van der Waals surface area contributed by atoms with E-state index < -0.39 is 0 Å². The second-order valence-electron chi connectivity index (χ2n) is 5.24. The number of halogens is 1. The SMILES string of the molecule is C[C@@H]1Sc2nnc(-c3ccccc3)n2N=C1c1ccc(Cl)cc1. The zero-order chi connectivity index (χ0) is 15.8. The number of fused-ring (bicyclic) bond motifs is 1. The maximum Gasteiger partial charge on any atom is 0.213 e. The molecular weight excluding hydrogens is 328 g/mol. The van der Waals surface area contributed by atoms with Crippen LogP contribution in [-0.2, 0) is 0 Å². The highest BCUT2D eigenvalue weighted by molar-refractivity contribution is 8.00. The van der Waals surface area contributed by atoms with Crippen LogP contribution in [0.3, 0.4) is 0 Å². The standard InChI is InChI=1S/C17H13ClN4S/c1-11-15(12-7-9-14(18)10-8-12)21-22-16(19-20-17(22)23-11)13-5-3-2-4-6-13/h2-11H,1H3/t11-/m0/s1. The molecule has 2 aromatic carbocycles. The molecule has 6 heteroatoms. The van der Waals surface area contributed by atoms with E-state index in [2.05, 4.69) is 17.1 Å². The van der Waals surface area contributed by atoms with E-state index >= 15 is 0 Å². The van der Waals surface area contributed by atoms with Crippen LogP contribution in [0.4, 0.5) is 0 Å². The maximum atomic E-state index is 5.99. The molecular formula is C17H13ClN4S. The van der Waals surface area contributed by atoms with Gasteiger partial charge >= 0.3 is 0 Å². The third-order valence-corrected chi connectivity index (χ3v) is 4.95. The van der Waals surface area contributed by atoms with E-state index in [0.717, 1.165) is 32.8 Å². The van der Waals surface area contributed by atoms with Gasteiger partial charge in [0.2, 0.25) is 5.16 Å². The van der Waals surface area contributed by atoms with Crippen LogP contribution in [0.1, 0.15) is 12.5 Å². The van der Waals surface area contributed by atoms with Crippen molar-refractivity contribution in [1.29, 1.82) is 0 Å². The predicted octanol–water partition coefficient (Wildman–Crippen LogP) is 4.35. The molecule has 1 aromatic heterocycles. The molecule has 4 rings (SSSR count). The van der Waals surface area contributed by atoms with Crippen molar-refractivity contribution in [3.8, 4) is 11.4 Å². The molecule has 114 valence electrons. The summed E-state index contributed by atoms with van der Waals surface area (Å²) in [5.74, 6) is 0.756. The van der Waals surface area contributed by atoms with Crippen molar-refractivity contribution in [3.63, 3.8) is 0 Å². The van der Waals surface area contributed by atoms with Crippen LogP contribution >= 0.6 is 23.4 Å². The lowest BCUT2D eigenvalue weighted by Gasteiger charge is -2.20. The van der Waals surface area contributed by atoms with Gasteiger partial charge in [-0.2, -0.15) is 9.78 Å². The third-order valence-electron chi connectivity index (χ3n) is 3.66. The van der Waals surface area contributed by atoms with Gasteiger partial charge in [0.1, 0.15) is 0 Å². The molecule has 0 N–H and O–H groups in total. The summed E-state index contributed by atoms with van der Waals surface area (Å²) < 4.78 is 1.82. The number of thioether (sulfide) groups is 1. The van der Waals surface area contributed by atoms with Crippen molar-refractivity contribution in [2.75, 3.05) is 0 Å². The summed E-state index contributed by atoms with van der Waals surface area (Å²) in [5, 5.41) is 15.1. The van der Waals surface area contributed by atoms with Gasteiger partial charge in [0.25, 0.3) is 0 Å². The van der Waals surface area contributed by atoms with E-state index in [1.807, 2.05) is 59.3 Å². The van der Waals surface area contributed by atoms with Crippen molar-refractivity contribution >= 4 is 29.1 Å². The Bertz CT molecular complexity index is 871. The molecule has 0 bridgehead atoms. The normalized spacial score (nSPS) is 16.8. The van der Waals surface area contributed by atoms with Gasteiger partial charge in [0.05, 0.1) is 11.0 Å². The zero-order valence-electron chi connectivity index (χ0n) is 12.3. The van der Waals surface area contributed by atoms with Crippen LogP contribution in [0.5, 0.6) is 0 Å². The van der Waals surface area contributed by atoms with Gasteiger partial charge < -0.3 is 0 Å². The minimum Gasteiger partial charge on any atom is -0.187 e. The summed E-state index contributed by atoms with van der Waals surface area (Å²) >= 11 is 7.65. The first-order valence-electron chi connectivity index (χ1n) is 7.24. The smallest absolute Gasteiger partial charge is 0.187 e. The Labute approximate surface area is 143 Å². The van der Waals surface area contributed by atoms with E-state index in [9.17, 15) is 0 Å². The van der Waals surface area contributed by atoms with Crippen LogP contribution in [-0.4, -0.2) is 25.8 Å². The van der Waals surface area contributed by atoms with Crippen molar-refractivity contribution < 1.29 is 0 Å². The molecule has 0 saturated heterocycles. The van der Waals surface area contributed by atoms with Gasteiger partial charge in [-0.25, -0.2) is 0 Å². The fourth-order valence-electron chi connectivity index (χ4n) is 2.51. The topological polar surface area (TPSA) is 43.1 Å². The van der Waals surface area contributed by atoms with Crippen LogP contribution in [0, 0.1) is 0 Å². The highest BCUT2D eigenvalue weighted by atomic mass is 35.5. The monoisotopic (exact) mass is 340 g/mol. The second kappa shape index (κ2) is 5.83. The van der Waals surface area contributed by atoms with E-state index in [-0.39, 0.29) is 5.25 Å². The molecule has 1 aliphatic heterocycles. The molecule has 1 aliphatic rings. The summed E-state index contributed by atoms with van der Waals surface area (Å²) in [7, 11) is 0. The van der Waals surface area contributed by atoms with E-state index in [1.165, 1.54) is 0 Å². The van der Waals surface area contributed by atoms with Gasteiger partial charge in [-0.1, -0.05) is 65.8 Å². The molecule has 0 aliphatic carbocycles. The molecule has 1 atom stereocenters. The summed E-state index contributed by atoms with van der Waals surface area (Å²) in [6, 6.07) is 17.7. The van der Waals surface area contributed by atoms with Crippen molar-refractivity contribution in [1.82, 2.24) is 14.9 Å². The largest absolute Gasteiger partial charge is 0.213 e. The lowest BCUT2D eigenvalue weighted by molar-refractivity contribution is 0.754. The number of hydrogen-bond acceptors (Lipinski definition) is 4. The number of nitrogens with zero attached hydrogens (tertiary/aromatic N) is 4. The quantitative estimate of drug-likeness (QED) is 0.696. The van der Waals surface area contributed by atoms with Gasteiger partial charge in [0.15, 0.2) is 5.82 Å². The molecule has 23 heavy (non-hydrogen) atoms. The Balaban J connectivity index is 1.83. The van der Waals surface area contributed by atoms with Crippen molar-refractivity contribution in [2.24, 2.45) is 5.10 Å². The number of benzene rings is 2.